The Balaban J connectivity index is 2.49. The molecule has 0 fully saturated rings. The molecule has 4 heteroatoms. The van der Waals surface area contributed by atoms with Gasteiger partial charge in [-0.2, -0.15) is 0 Å². The topological polar surface area (TPSA) is 44.9 Å². The van der Waals surface area contributed by atoms with E-state index >= 15 is 0 Å². The molecule has 1 aromatic carbocycles. The van der Waals surface area contributed by atoms with E-state index in [0.29, 0.717) is 0 Å². The molecule has 1 amide bonds. The van der Waals surface area contributed by atoms with Gasteiger partial charge in [-0.1, -0.05) is 18.2 Å². The molecule has 0 saturated carbocycles. The van der Waals surface area contributed by atoms with Crippen molar-refractivity contribution in [1.29, 1.82) is 0 Å². The number of carbonyl (C=O) groups is 1. The number of H-pyrrole nitrogens is 1. The number of carbonyl (C=O) groups excluding carboxylic acids is 1. The Hall–Kier alpha value is -1.48. The minimum atomic E-state index is -0.190. The number of alkyl halides is 1. The maximum absolute atomic E-state index is 11.2. The molecule has 0 spiro atoms. The van der Waals surface area contributed by atoms with E-state index in [1.807, 2.05) is 31.2 Å². The maximum atomic E-state index is 11.2. The van der Waals surface area contributed by atoms with Crippen molar-refractivity contribution in [2.24, 2.45) is 0 Å². The Morgan fingerprint density at radius 3 is 2.93 bits per heavy atom. The molecule has 0 unspecified atom stereocenters. The number of halogens is 1. The van der Waals surface area contributed by atoms with E-state index in [0.717, 1.165) is 22.3 Å². The fourth-order valence-electron chi connectivity index (χ4n) is 1.61. The molecule has 15 heavy (non-hydrogen) atoms. The number of aryl methyl sites for hydroxylation is 1. The lowest BCUT2D eigenvalue weighted by Crippen LogP contribution is -2.12. The Labute approximate surface area is 92.4 Å². The first-order valence-corrected chi connectivity index (χ1v) is 5.19. The molecule has 0 radical (unpaired) electrons. The number of amides is 1. The lowest BCUT2D eigenvalue weighted by molar-refractivity contribution is -0.113. The first-order valence-electron chi connectivity index (χ1n) is 4.65. The maximum Gasteiger partial charge on any atom is 0.239 e. The van der Waals surface area contributed by atoms with E-state index in [1.165, 1.54) is 0 Å². The summed E-state index contributed by atoms with van der Waals surface area (Å²) in [6, 6.07) is 7.82. The predicted molar refractivity (Wildman–Crippen MR) is 62.4 cm³/mol. The normalized spacial score (nSPS) is 10.5. The fraction of sp³-hybridized carbons (Fsp3) is 0.182. The zero-order valence-electron chi connectivity index (χ0n) is 8.30. The number of hydrogen-bond donors (Lipinski definition) is 2. The average Bonchev–Trinajstić information content (AvgIpc) is 2.55. The highest BCUT2D eigenvalue weighted by atomic mass is 35.5. The van der Waals surface area contributed by atoms with Gasteiger partial charge in [0.1, 0.15) is 5.88 Å². The van der Waals surface area contributed by atoms with Crippen LogP contribution in [0.3, 0.4) is 0 Å². The summed E-state index contributed by atoms with van der Waals surface area (Å²) < 4.78 is 0. The standard InChI is InChI=1S/C11H11ClN2O/c1-7-11(14-10(15)6-12)8-4-2-3-5-9(8)13-7/h2-5,13H,6H2,1H3,(H,14,15). The van der Waals surface area contributed by atoms with Gasteiger partial charge in [0.25, 0.3) is 0 Å². The molecule has 78 valence electrons. The number of rotatable bonds is 2. The summed E-state index contributed by atoms with van der Waals surface area (Å²) in [5, 5.41) is 3.79. The highest BCUT2D eigenvalue weighted by Gasteiger charge is 2.09. The monoisotopic (exact) mass is 222 g/mol. The quantitative estimate of drug-likeness (QED) is 0.754. The highest BCUT2D eigenvalue weighted by Crippen LogP contribution is 2.26. The number of nitrogens with one attached hydrogen (secondary N) is 2. The van der Waals surface area contributed by atoms with Gasteiger partial charge in [-0.3, -0.25) is 4.79 Å². The number of fused-ring (bicyclic) bond motifs is 1. The van der Waals surface area contributed by atoms with Gasteiger partial charge in [-0.25, -0.2) is 0 Å². The van der Waals surface area contributed by atoms with Crippen LogP contribution in [0.1, 0.15) is 5.69 Å². The smallest absolute Gasteiger partial charge is 0.239 e. The Kier molecular flexibility index (Phi) is 2.64. The van der Waals surface area contributed by atoms with Crippen LogP contribution in [0.15, 0.2) is 24.3 Å². The zero-order valence-corrected chi connectivity index (χ0v) is 9.06. The molecule has 1 aromatic heterocycles. The van der Waals surface area contributed by atoms with Crippen LogP contribution in [-0.2, 0) is 4.79 Å². The zero-order chi connectivity index (χ0) is 10.8. The Bertz CT molecular complexity index is 504. The van der Waals surface area contributed by atoms with Crippen molar-refractivity contribution < 1.29 is 4.79 Å². The number of benzene rings is 1. The van der Waals surface area contributed by atoms with Crippen LogP contribution in [0.2, 0.25) is 0 Å². The second kappa shape index (κ2) is 3.95. The van der Waals surface area contributed by atoms with Gasteiger partial charge in [0.05, 0.1) is 5.69 Å². The van der Waals surface area contributed by atoms with Crippen molar-refractivity contribution >= 4 is 34.1 Å². The SMILES string of the molecule is Cc1[nH]c2ccccc2c1NC(=O)CCl. The third kappa shape index (κ3) is 1.83. The van der Waals surface area contributed by atoms with Crippen LogP contribution in [0.4, 0.5) is 5.69 Å². The van der Waals surface area contributed by atoms with E-state index in [4.69, 9.17) is 11.6 Å². The van der Waals surface area contributed by atoms with Gasteiger partial charge in [0.2, 0.25) is 5.91 Å². The second-order valence-corrected chi connectivity index (χ2v) is 3.62. The van der Waals surface area contributed by atoms with E-state index in [1.54, 1.807) is 0 Å². The Morgan fingerprint density at radius 1 is 1.47 bits per heavy atom. The van der Waals surface area contributed by atoms with Gasteiger partial charge in [0, 0.05) is 16.6 Å². The van der Waals surface area contributed by atoms with E-state index in [2.05, 4.69) is 10.3 Å². The molecular formula is C11H11ClN2O. The third-order valence-electron chi connectivity index (χ3n) is 2.28. The molecule has 0 aliphatic carbocycles. The molecule has 1 heterocycles. The van der Waals surface area contributed by atoms with Gasteiger partial charge in [0.15, 0.2) is 0 Å². The van der Waals surface area contributed by atoms with Crippen LogP contribution < -0.4 is 5.32 Å². The van der Waals surface area contributed by atoms with Crippen LogP contribution >= 0.6 is 11.6 Å². The molecule has 0 aliphatic heterocycles. The first-order chi connectivity index (χ1) is 7.22. The number of para-hydroxylation sites is 1. The number of hydrogen-bond acceptors (Lipinski definition) is 1. The van der Waals surface area contributed by atoms with Crippen molar-refractivity contribution in [2.75, 3.05) is 11.2 Å². The van der Waals surface area contributed by atoms with Crippen molar-refractivity contribution in [1.82, 2.24) is 4.98 Å². The van der Waals surface area contributed by atoms with Crippen LogP contribution in [0.25, 0.3) is 10.9 Å². The Morgan fingerprint density at radius 2 is 2.20 bits per heavy atom. The van der Waals surface area contributed by atoms with Crippen molar-refractivity contribution in [2.45, 2.75) is 6.92 Å². The molecule has 0 aliphatic rings. The van der Waals surface area contributed by atoms with Crippen LogP contribution in [0.5, 0.6) is 0 Å². The van der Waals surface area contributed by atoms with Gasteiger partial charge >= 0.3 is 0 Å². The lowest BCUT2D eigenvalue weighted by Gasteiger charge is -2.02. The molecule has 2 N–H and O–H groups in total. The van der Waals surface area contributed by atoms with E-state index < -0.39 is 0 Å². The second-order valence-electron chi connectivity index (χ2n) is 3.35. The molecule has 2 rings (SSSR count). The van der Waals surface area contributed by atoms with Crippen LogP contribution in [0, 0.1) is 6.92 Å². The third-order valence-corrected chi connectivity index (χ3v) is 2.52. The number of anilines is 1. The summed E-state index contributed by atoms with van der Waals surface area (Å²) in [4.78, 5) is 14.4. The molecule has 0 saturated heterocycles. The van der Waals surface area contributed by atoms with Crippen molar-refractivity contribution in [3.05, 3.63) is 30.0 Å². The highest BCUT2D eigenvalue weighted by molar-refractivity contribution is 6.29. The number of aromatic amines is 1. The summed E-state index contributed by atoms with van der Waals surface area (Å²) in [6.07, 6.45) is 0. The summed E-state index contributed by atoms with van der Waals surface area (Å²) in [5.41, 5.74) is 2.77. The summed E-state index contributed by atoms with van der Waals surface area (Å²) in [6.45, 7) is 1.92. The predicted octanol–water partition coefficient (Wildman–Crippen LogP) is 2.65. The summed E-state index contributed by atoms with van der Waals surface area (Å²) in [7, 11) is 0. The fourth-order valence-corrected chi connectivity index (χ4v) is 1.68. The van der Waals surface area contributed by atoms with E-state index in [-0.39, 0.29) is 11.8 Å². The van der Waals surface area contributed by atoms with Gasteiger partial charge in [-0.15, -0.1) is 11.6 Å². The average molecular weight is 223 g/mol. The lowest BCUT2D eigenvalue weighted by atomic mass is 10.2. The molecule has 2 aromatic rings. The summed E-state index contributed by atoms with van der Waals surface area (Å²) in [5.74, 6) is -0.219. The molecule has 0 bridgehead atoms. The van der Waals surface area contributed by atoms with Gasteiger partial charge < -0.3 is 10.3 Å². The van der Waals surface area contributed by atoms with Gasteiger partial charge in [-0.05, 0) is 13.0 Å². The largest absolute Gasteiger partial charge is 0.357 e. The van der Waals surface area contributed by atoms with Crippen molar-refractivity contribution in [3.63, 3.8) is 0 Å². The van der Waals surface area contributed by atoms with E-state index in [9.17, 15) is 4.79 Å². The minimum absolute atomic E-state index is 0.0288. The molecule has 0 atom stereocenters. The van der Waals surface area contributed by atoms with Crippen LogP contribution in [-0.4, -0.2) is 16.8 Å². The first kappa shape index (κ1) is 10.1. The number of aromatic nitrogens is 1. The molecule has 3 nitrogen and oxygen atoms in total. The van der Waals surface area contributed by atoms with Crippen molar-refractivity contribution in [3.8, 4) is 0 Å². The minimum Gasteiger partial charge on any atom is -0.357 e. The molecular weight excluding hydrogens is 212 g/mol. The summed E-state index contributed by atoms with van der Waals surface area (Å²) >= 11 is 5.45.